The van der Waals surface area contributed by atoms with E-state index in [2.05, 4.69) is 33.4 Å². The van der Waals surface area contributed by atoms with Crippen molar-refractivity contribution in [1.82, 2.24) is 19.5 Å². The van der Waals surface area contributed by atoms with Crippen LogP contribution in [-0.2, 0) is 19.4 Å². The Balaban J connectivity index is 2.20. The number of hydrogen-bond donors (Lipinski definition) is 0. The first kappa shape index (κ1) is 14.0. The zero-order chi connectivity index (χ0) is 13.7. The van der Waals surface area contributed by atoms with Gasteiger partial charge in [0.25, 0.3) is 0 Å². The minimum Gasteiger partial charge on any atom is -0.335 e. The van der Waals surface area contributed by atoms with Crippen LogP contribution >= 0.6 is 11.6 Å². The van der Waals surface area contributed by atoms with Crippen molar-refractivity contribution < 1.29 is 0 Å². The lowest BCUT2D eigenvalue weighted by Crippen LogP contribution is -2.06. The lowest BCUT2D eigenvalue weighted by atomic mass is 10.2. The molecule has 0 N–H and O–H groups in total. The highest BCUT2D eigenvalue weighted by atomic mass is 35.5. The summed E-state index contributed by atoms with van der Waals surface area (Å²) in [5.74, 6) is 1.85. The number of hydrogen-bond acceptors (Lipinski definition) is 3. The van der Waals surface area contributed by atoms with Crippen LogP contribution in [0.3, 0.4) is 0 Å². The van der Waals surface area contributed by atoms with Gasteiger partial charge in [-0.15, -0.1) is 0 Å². The standard InChI is InChI=1S/C14H19ClN4/c1-3-5-13-17-11(9-12(15)18-13)10-14-16-6-8-19(14)7-4-2/h6,8-9H,3-5,7,10H2,1-2H3. The summed E-state index contributed by atoms with van der Waals surface area (Å²) in [5.41, 5.74) is 0.937. The maximum Gasteiger partial charge on any atom is 0.133 e. The molecule has 2 heterocycles. The van der Waals surface area contributed by atoms with Gasteiger partial charge in [0.1, 0.15) is 16.8 Å². The Morgan fingerprint density at radius 2 is 2.05 bits per heavy atom. The van der Waals surface area contributed by atoms with Gasteiger partial charge in [-0.05, 0) is 18.9 Å². The van der Waals surface area contributed by atoms with E-state index in [1.165, 1.54) is 0 Å². The molecule has 0 spiro atoms. The summed E-state index contributed by atoms with van der Waals surface area (Å²) in [6.45, 7) is 5.25. The van der Waals surface area contributed by atoms with Gasteiger partial charge in [-0.2, -0.15) is 0 Å². The Morgan fingerprint density at radius 3 is 2.79 bits per heavy atom. The summed E-state index contributed by atoms with van der Waals surface area (Å²) in [6, 6.07) is 1.83. The van der Waals surface area contributed by atoms with Crippen LogP contribution in [0, 0.1) is 0 Å². The van der Waals surface area contributed by atoms with Crippen molar-refractivity contribution >= 4 is 11.6 Å². The number of halogens is 1. The molecule has 0 unspecified atom stereocenters. The van der Waals surface area contributed by atoms with Crippen LogP contribution < -0.4 is 0 Å². The third-order valence-corrected chi connectivity index (χ3v) is 3.07. The Morgan fingerprint density at radius 1 is 1.21 bits per heavy atom. The van der Waals surface area contributed by atoms with Gasteiger partial charge in [-0.25, -0.2) is 15.0 Å². The molecule has 0 saturated carbocycles. The molecular formula is C14H19ClN4. The van der Waals surface area contributed by atoms with Crippen LogP contribution in [0.25, 0.3) is 0 Å². The third-order valence-electron chi connectivity index (χ3n) is 2.87. The van der Waals surface area contributed by atoms with Crippen LogP contribution in [0.15, 0.2) is 18.5 Å². The fraction of sp³-hybridized carbons (Fsp3) is 0.500. The largest absolute Gasteiger partial charge is 0.335 e. The lowest BCUT2D eigenvalue weighted by Gasteiger charge is -2.07. The van der Waals surface area contributed by atoms with Crippen molar-refractivity contribution in [2.75, 3.05) is 0 Å². The average molecular weight is 279 g/mol. The highest BCUT2D eigenvalue weighted by molar-refractivity contribution is 6.29. The van der Waals surface area contributed by atoms with Crippen LogP contribution in [0.1, 0.15) is 44.0 Å². The minimum atomic E-state index is 0.516. The first-order valence-electron chi connectivity index (χ1n) is 6.75. The summed E-state index contributed by atoms with van der Waals surface area (Å²) in [6.07, 6.45) is 7.51. The van der Waals surface area contributed by atoms with Crippen molar-refractivity contribution in [3.05, 3.63) is 41.0 Å². The molecular weight excluding hydrogens is 260 g/mol. The molecule has 102 valence electrons. The molecule has 0 aliphatic heterocycles. The normalized spacial score (nSPS) is 10.9. The third kappa shape index (κ3) is 3.77. The van der Waals surface area contributed by atoms with E-state index >= 15 is 0 Å². The molecule has 0 fully saturated rings. The molecule has 0 amide bonds. The lowest BCUT2D eigenvalue weighted by molar-refractivity contribution is 0.643. The topological polar surface area (TPSA) is 43.6 Å². The molecule has 0 radical (unpaired) electrons. The van der Waals surface area contributed by atoms with Gasteiger partial charge in [0.15, 0.2) is 0 Å². The Labute approximate surface area is 118 Å². The summed E-state index contributed by atoms with van der Waals surface area (Å²) >= 11 is 6.05. The van der Waals surface area contributed by atoms with Crippen LogP contribution in [-0.4, -0.2) is 19.5 Å². The second-order valence-electron chi connectivity index (χ2n) is 4.56. The van der Waals surface area contributed by atoms with Gasteiger partial charge in [0.2, 0.25) is 0 Å². The summed E-state index contributed by atoms with van der Waals surface area (Å²) in [4.78, 5) is 13.2. The SMILES string of the molecule is CCCc1nc(Cl)cc(Cc2nccn2CCC)n1. The van der Waals surface area contributed by atoms with Crippen molar-refractivity contribution in [2.45, 2.75) is 46.1 Å². The van der Waals surface area contributed by atoms with Gasteiger partial charge in [0, 0.05) is 31.8 Å². The van der Waals surface area contributed by atoms with E-state index in [4.69, 9.17) is 11.6 Å². The minimum absolute atomic E-state index is 0.516. The second kappa shape index (κ2) is 6.66. The maximum absolute atomic E-state index is 6.05. The molecule has 2 aromatic heterocycles. The van der Waals surface area contributed by atoms with E-state index in [0.717, 1.165) is 43.1 Å². The number of imidazole rings is 1. The van der Waals surface area contributed by atoms with E-state index in [-0.39, 0.29) is 0 Å². The first-order valence-corrected chi connectivity index (χ1v) is 7.13. The summed E-state index contributed by atoms with van der Waals surface area (Å²) in [5, 5.41) is 0.516. The Kier molecular flexibility index (Phi) is 4.91. The molecule has 5 heteroatoms. The number of aromatic nitrogens is 4. The highest BCUT2D eigenvalue weighted by Crippen LogP contribution is 2.12. The fourth-order valence-electron chi connectivity index (χ4n) is 2.06. The summed E-state index contributed by atoms with van der Waals surface area (Å²) < 4.78 is 2.16. The van der Waals surface area contributed by atoms with E-state index in [0.29, 0.717) is 11.6 Å². The average Bonchev–Trinajstić information content (AvgIpc) is 2.77. The zero-order valence-corrected chi connectivity index (χ0v) is 12.2. The molecule has 0 bridgehead atoms. The van der Waals surface area contributed by atoms with Gasteiger partial charge < -0.3 is 4.57 Å². The molecule has 2 rings (SSSR count). The van der Waals surface area contributed by atoms with E-state index in [9.17, 15) is 0 Å². The second-order valence-corrected chi connectivity index (χ2v) is 4.95. The predicted octanol–water partition coefficient (Wildman–Crippen LogP) is 3.28. The molecule has 0 atom stereocenters. The molecule has 0 aliphatic rings. The predicted molar refractivity (Wildman–Crippen MR) is 76.4 cm³/mol. The monoisotopic (exact) mass is 278 g/mol. The molecule has 0 aromatic carbocycles. The summed E-state index contributed by atoms with van der Waals surface area (Å²) in [7, 11) is 0. The van der Waals surface area contributed by atoms with Crippen LogP contribution in [0.5, 0.6) is 0 Å². The van der Waals surface area contributed by atoms with Gasteiger partial charge in [-0.3, -0.25) is 0 Å². The maximum atomic E-state index is 6.05. The van der Waals surface area contributed by atoms with Crippen LogP contribution in [0.4, 0.5) is 0 Å². The van der Waals surface area contributed by atoms with Gasteiger partial charge in [-0.1, -0.05) is 25.4 Å². The highest BCUT2D eigenvalue weighted by Gasteiger charge is 2.08. The van der Waals surface area contributed by atoms with Gasteiger partial charge in [0.05, 0.1) is 5.69 Å². The van der Waals surface area contributed by atoms with Crippen molar-refractivity contribution in [1.29, 1.82) is 0 Å². The molecule has 0 aliphatic carbocycles. The molecule has 2 aromatic rings. The number of rotatable bonds is 6. The number of nitrogens with zero attached hydrogens (tertiary/aromatic N) is 4. The Bertz CT molecular complexity index is 536. The molecule has 0 saturated heterocycles. The first-order chi connectivity index (χ1) is 9.22. The van der Waals surface area contributed by atoms with E-state index in [1.54, 1.807) is 0 Å². The van der Waals surface area contributed by atoms with E-state index in [1.807, 2.05) is 18.5 Å². The quantitative estimate of drug-likeness (QED) is 0.762. The smallest absolute Gasteiger partial charge is 0.133 e. The molecule has 4 nitrogen and oxygen atoms in total. The van der Waals surface area contributed by atoms with Gasteiger partial charge >= 0.3 is 0 Å². The fourth-order valence-corrected chi connectivity index (χ4v) is 2.28. The van der Waals surface area contributed by atoms with Crippen LogP contribution in [0.2, 0.25) is 5.15 Å². The van der Waals surface area contributed by atoms with E-state index < -0.39 is 0 Å². The molecule has 19 heavy (non-hydrogen) atoms. The van der Waals surface area contributed by atoms with Crippen molar-refractivity contribution in [2.24, 2.45) is 0 Å². The van der Waals surface area contributed by atoms with Crippen molar-refractivity contribution in [3.63, 3.8) is 0 Å². The van der Waals surface area contributed by atoms with Crippen molar-refractivity contribution in [3.8, 4) is 0 Å². The number of aryl methyl sites for hydroxylation is 2. The zero-order valence-electron chi connectivity index (χ0n) is 11.4. The Hall–Kier alpha value is -1.42.